The second-order valence-electron chi connectivity index (χ2n) is 22.4. The molecule has 15 aromatic rings. The molecule has 0 aliphatic carbocycles. The van der Waals surface area contributed by atoms with Crippen molar-refractivity contribution < 1.29 is 37.9 Å². The van der Waals surface area contributed by atoms with Crippen LogP contribution in [-0.2, 0) is 70.6 Å². The molecule has 0 unspecified atom stereocenters. The maximum atomic E-state index is 5.96. The minimum Gasteiger partial charge on any atom is -0.489 e. The molecule has 23 nitrogen and oxygen atoms in total. The Balaban J connectivity index is 0.000000133. The first-order chi connectivity index (χ1) is 48.9. The fourth-order valence-electron chi connectivity index (χ4n) is 10.0. The molecule has 0 aliphatic heterocycles. The number of ether oxygens (including phenoxy) is 8. The van der Waals surface area contributed by atoms with Gasteiger partial charge < -0.3 is 37.9 Å². The zero-order chi connectivity index (χ0) is 66.9. The molecule has 6 aromatic heterocycles. The van der Waals surface area contributed by atoms with Crippen molar-refractivity contribution >= 4 is 32.7 Å². The lowest BCUT2D eigenvalue weighted by molar-refractivity contribution is 0.102. The van der Waals surface area contributed by atoms with Gasteiger partial charge in [0.05, 0.1) is 40.2 Å². The Bertz CT molecular complexity index is 4960. The average Bonchev–Trinajstić information content (AvgIpc) is 1.80. The second-order valence-corrected chi connectivity index (χ2v) is 22.4. The molecule has 0 bridgehead atoms. The van der Waals surface area contributed by atoms with Gasteiger partial charge in [0.1, 0.15) is 86.5 Å². The van der Waals surface area contributed by atoms with E-state index in [9.17, 15) is 0 Å². The number of hydrogen-bond donors (Lipinski definition) is 3. The summed E-state index contributed by atoms with van der Waals surface area (Å²) in [7, 11) is 0. The highest BCUT2D eigenvalue weighted by Crippen LogP contribution is 2.27. The quantitative estimate of drug-likeness (QED) is 0.0431. The van der Waals surface area contributed by atoms with Crippen LogP contribution in [0.4, 0.5) is 0 Å². The van der Waals surface area contributed by atoms with Crippen LogP contribution in [0, 0.1) is 0 Å². The number of aromatic nitrogens is 15. The lowest BCUT2D eigenvalue weighted by atomic mass is 10.1. The van der Waals surface area contributed by atoms with Crippen molar-refractivity contribution in [1.82, 2.24) is 76.8 Å². The number of tetrazole rings is 3. The van der Waals surface area contributed by atoms with Crippen molar-refractivity contribution in [2.75, 3.05) is 0 Å². The number of pyridine rings is 3. The minimum absolute atomic E-state index is 0.258. The molecule has 23 heteroatoms. The average molecular weight is 1320 g/mol. The molecule has 0 saturated carbocycles. The molecule has 0 amide bonds. The summed E-state index contributed by atoms with van der Waals surface area (Å²) in [5, 5.41) is 44.6. The van der Waals surface area contributed by atoms with Crippen molar-refractivity contribution in [1.29, 1.82) is 0 Å². The Morgan fingerprint density at radius 3 is 0.949 bits per heavy atom. The molecule has 0 spiro atoms. The molecule has 0 radical (unpaired) electrons. The highest BCUT2D eigenvalue weighted by atomic mass is 16.5. The van der Waals surface area contributed by atoms with Crippen molar-refractivity contribution in [3.8, 4) is 40.2 Å². The summed E-state index contributed by atoms with van der Waals surface area (Å²) in [5.41, 5.74) is 10.9. The van der Waals surface area contributed by atoms with Crippen LogP contribution in [-0.4, -0.2) is 76.8 Å². The van der Waals surface area contributed by atoms with E-state index in [4.69, 9.17) is 37.9 Å². The first-order valence-corrected chi connectivity index (χ1v) is 31.7. The lowest BCUT2D eigenvalue weighted by Crippen LogP contribution is -2.00. The van der Waals surface area contributed by atoms with Gasteiger partial charge in [0.25, 0.3) is 0 Å². The molecular weight excluding hydrogens is 1250 g/mol. The molecule has 492 valence electrons. The number of rotatable bonds is 27. The largest absolute Gasteiger partial charge is 0.489 e. The number of benzene rings is 9. The van der Waals surface area contributed by atoms with E-state index < -0.39 is 0 Å². The third kappa shape index (κ3) is 19.6. The summed E-state index contributed by atoms with van der Waals surface area (Å²) < 4.78 is 46.9. The van der Waals surface area contributed by atoms with E-state index in [0.29, 0.717) is 76.7 Å². The summed E-state index contributed by atoms with van der Waals surface area (Å²) in [5.74, 6) is 6.87. The van der Waals surface area contributed by atoms with E-state index in [1.54, 1.807) is 0 Å². The molecule has 0 aliphatic rings. The Morgan fingerprint density at radius 1 is 0.242 bits per heavy atom. The number of nitrogens with one attached hydrogen (secondary N) is 3. The maximum absolute atomic E-state index is 5.96. The topological polar surface area (TPSA) is 276 Å². The fraction of sp³-hybridized carbons (Fsp3) is 0.132. The van der Waals surface area contributed by atoms with Crippen LogP contribution in [0.2, 0.25) is 0 Å². The molecule has 6 heterocycles. The predicted molar refractivity (Wildman–Crippen MR) is 368 cm³/mol. The van der Waals surface area contributed by atoms with Gasteiger partial charge >= 0.3 is 0 Å². The predicted octanol–water partition coefficient (Wildman–Crippen LogP) is 13.6. The number of hydrogen-bond acceptors (Lipinski definition) is 20. The van der Waals surface area contributed by atoms with E-state index in [1.807, 2.05) is 231 Å². The van der Waals surface area contributed by atoms with Crippen LogP contribution in [0.3, 0.4) is 0 Å². The van der Waals surface area contributed by atoms with Crippen LogP contribution in [0.1, 0.15) is 62.4 Å². The van der Waals surface area contributed by atoms with Gasteiger partial charge in [-0.1, -0.05) is 167 Å². The van der Waals surface area contributed by atoms with Crippen LogP contribution in [0.15, 0.2) is 255 Å². The summed E-state index contributed by atoms with van der Waals surface area (Å²) in [6, 6.07) is 83.1. The Morgan fingerprint density at radius 2 is 0.566 bits per heavy atom. The van der Waals surface area contributed by atoms with Crippen molar-refractivity contribution in [2.45, 2.75) is 65.9 Å². The summed E-state index contributed by atoms with van der Waals surface area (Å²) in [6.45, 7) is 3.59. The third-order valence-electron chi connectivity index (χ3n) is 15.1. The summed E-state index contributed by atoms with van der Waals surface area (Å²) >= 11 is 0. The monoisotopic (exact) mass is 1320 g/mol. The van der Waals surface area contributed by atoms with E-state index in [-0.39, 0.29) is 6.61 Å². The van der Waals surface area contributed by atoms with E-state index in [2.05, 4.69) is 101 Å². The second kappa shape index (κ2) is 33.4. The minimum atomic E-state index is 0.258. The highest BCUT2D eigenvalue weighted by Gasteiger charge is 2.10. The van der Waals surface area contributed by atoms with Crippen LogP contribution in [0.25, 0.3) is 32.7 Å². The molecule has 0 saturated heterocycles. The smallest absolute Gasteiger partial charge is 0.211 e. The molecular formula is C76H65N15O8. The number of nitrogens with zero attached hydrogens (tertiary/aromatic N) is 12. The lowest BCUT2D eigenvalue weighted by Gasteiger charge is -2.10. The van der Waals surface area contributed by atoms with Gasteiger partial charge in [0.15, 0.2) is 18.3 Å². The molecule has 3 N–H and O–H groups in total. The van der Waals surface area contributed by atoms with Crippen molar-refractivity contribution in [3.63, 3.8) is 0 Å². The third-order valence-corrected chi connectivity index (χ3v) is 15.1. The van der Waals surface area contributed by atoms with Gasteiger partial charge in [-0.3, -0.25) is 0 Å². The molecule has 99 heavy (non-hydrogen) atoms. The van der Waals surface area contributed by atoms with Crippen LogP contribution < -0.4 is 33.2 Å². The molecule has 15 rings (SSSR count). The van der Waals surface area contributed by atoms with Gasteiger partial charge in [0, 0.05) is 40.8 Å². The SMILES string of the molecule is c1cc(OCc2ccc(COCc3nn[nH]n3)cc2)cc(OCc2ccc3ccccc3n2)c1.c1cc(OCc2ccc(Cc3nn[nH]n3)cc2)cc(OCc2ccc3ccccc3n2)c1.c1cc(OCc2ccc(OCc3nn[nH]n3)cc2)cc(OCc2ccc3ccccc3n2)c1. The van der Waals surface area contributed by atoms with Crippen LogP contribution >= 0.6 is 0 Å². The van der Waals surface area contributed by atoms with Gasteiger partial charge in [0.2, 0.25) is 5.82 Å². The fourth-order valence-corrected chi connectivity index (χ4v) is 10.0. The normalized spacial score (nSPS) is 10.9. The molecule has 0 fully saturated rings. The molecule has 0 atom stereocenters. The first-order valence-electron chi connectivity index (χ1n) is 31.7. The van der Waals surface area contributed by atoms with Gasteiger partial charge in [-0.25, -0.2) is 15.0 Å². The highest BCUT2D eigenvalue weighted by molar-refractivity contribution is 5.80. The molecule has 9 aromatic carbocycles. The standard InChI is InChI=1S/C26H23N5O3.C25H21N5O3.C25H21N5O2/c1-2-7-25-21(4-1)12-13-22(27-25)17-34-24-6-3-5-23(14-24)33-16-20-10-8-19(9-11-20)15-32-18-26-28-30-31-29-26;1-2-7-24-19(4-1)10-11-20(26-24)16-32-23-6-3-5-22(14-23)31-15-18-8-12-21(13-9-18)33-17-25-27-29-30-28-25;1-2-7-24-20(4-1)12-13-21(26-24)17-32-23-6-3-5-22(15-23)31-16-19-10-8-18(9-11-19)14-25-27-29-30-28-25/h1-14H,15-18H2,(H,28,29,30,31);1-14H,15-17H2,(H,27,28,29,30);1-13,15H,14,16-17H2,(H,27,28,29,30). The van der Waals surface area contributed by atoms with E-state index >= 15 is 0 Å². The van der Waals surface area contributed by atoms with E-state index in [0.717, 1.165) is 118 Å². The maximum Gasteiger partial charge on any atom is 0.211 e. The van der Waals surface area contributed by atoms with Crippen LogP contribution in [0.5, 0.6) is 40.2 Å². The van der Waals surface area contributed by atoms with Gasteiger partial charge in [-0.2, -0.15) is 15.6 Å². The van der Waals surface area contributed by atoms with Crippen molar-refractivity contribution in [3.05, 3.63) is 317 Å². The van der Waals surface area contributed by atoms with Gasteiger partial charge in [-0.15, -0.1) is 30.6 Å². The number of fused-ring (bicyclic) bond motifs is 3. The zero-order valence-electron chi connectivity index (χ0n) is 53.5. The number of aromatic amines is 3. The number of H-pyrrole nitrogens is 3. The summed E-state index contributed by atoms with van der Waals surface area (Å²) in [6.07, 6.45) is 0.642. The summed E-state index contributed by atoms with van der Waals surface area (Å²) in [4.78, 5) is 13.9. The van der Waals surface area contributed by atoms with Gasteiger partial charge in [-0.05, 0) is 113 Å². The number of para-hydroxylation sites is 3. The Labute approximate surface area is 568 Å². The van der Waals surface area contributed by atoms with E-state index in [1.165, 1.54) is 0 Å². The first kappa shape index (κ1) is 64.7. The zero-order valence-corrected chi connectivity index (χ0v) is 53.5. The Hall–Kier alpha value is -13.0. The van der Waals surface area contributed by atoms with Crippen molar-refractivity contribution in [2.24, 2.45) is 0 Å². The Kier molecular flexibility index (Phi) is 21.8.